The molecule has 30 heavy (non-hydrogen) atoms. The van der Waals surface area contributed by atoms with Crippen molar-refractivity contribution in [2.24, 2.45) is 0 Å². The molecule has 2 aromatic heterocycles. The van der Waals surface area contributed by atoms with Gasteiger partial charge in [0.25, 0.3) is 0 Å². The van der Waals surface area contributed by atoms with Crippen LogP contribution < -0.4 is 4.90 Å². The van der Waals surface area contributed by atoms with Crippen molar-refractivity contribution in [2.75, 3.05) is 24.5 Å². The molecule has 1 aliphatic rings. The number of hydrogen-bond donors (Lipinski definition) is 0. The van der Waals surface area contributed by atoms with Gasteiger partial charge < -0.3 is 4.90 Å². The van der Waals surface area contributed by atoms with Crippen LogP contribution in [0.2, 0.25) is 0 Å². The molecular formula is C26H32N4. The number of benzene rings is 1. The summed E-state index contributed by atoms with van der Waals surface area (Å²) in [7, 11) is 0. The van der Waals surface area contributed by atoms with Crippen molar-refractivity contribution in [1.82, 2.24) is 14.9 Å². The number of nitrogens with zero attached hydrogens (tertiary/aromatic N) is 4. The van der Waals surface area contributed by atoms with E-state index in [1.807, 2.05) is 24.7 Å². The Morgan fingerprint density at radius 3 is 2.53 bits per heavy atom. The van der Waals surface area contributed by atoms with E-state index in [0.717, 1.165) is 26.2 Å². The first-order chi connectivity index (χ1) is 14.7. The van der Waals surface area contributed by atoms with Crippen molar-refractivity contribution in [3.63, 3.8) is 0 Å². The van der Waals surface area contributed by atoms with Crippen LogP contribution in [0.1, 0.15) is 44.2 Å². The molecular weight excluding hydrogens is 368 g/mol. The zero-order chi connectivity index (χ0) is 20.9. The van der Waals surface area contributed by atoms with Crippen molar-refractivity contribution >= 4 is 5.82 Å². The highest BCUT2D eigenvalue weighted by molar-refractivity contribution is 5.62. The maximum atomic E-state index is 4.73. The first-order valence-corrected chi connectivity index (χ1v) is 11.1. The van der Waals surface area contributed by atoms with Crippen LogP contribution in [-0.2, 0) is 6.54 Å². The predicted octanol–water partition coefficient (Wildman–Crippen LogP) is 5.37. The molecule has 0 amide bonds. The van der Waals surface area contributed by atoms with Crippen LogP contribution in [0.4, 0.5) is 5.82 Å². The maximum Gasteiger partial charge on any atom is 0.132 e. The van der Waals surface area contributed by atoms with Crippen LogP contribution in [0, 0.1) is 0 Å². The lowest BCUT2D eigenvalue weighted by atomic mass is 10.0. The van der Waals surface area contributed by atoms with E-state index in [9.17, 15) is 0 Å². The van der Waals surface area contributed by atoms with Crippen molar-refractivity contribution < 1.29 is 0 Å². The Labute approximate surface area is 180 Å². The molecule has 156 valence electrons. The third kappa shape index (κ3) is 4.54. The zero-order valence-electron chi connectivity index (χ0n) is 18.3. The number of pyridine rings is 2. The minimum atomic E-state index is 0.494. The van der Waals surface area contributed by atoms with Crippen LogP contribution in [0.25, 0.3) is 11.1 Å². The molecule has 1 aromatic carbocycles. The van der Waals surface area contributed by atoms with E-state index in [1.165, 1.54) is 34.5 Å². The Morgan fingerprint density at radius 2 is 1.83 bits per heavy atom. The van der Waals surface area contributed by atoms with Crippen LogP contribution in [0.3, 0.4) is 0 Å². The topological polar surface area (TPSA) is 32.3 Å². The van der Waals surface area contributed by atoms with E-state index in [4.69, 9.17) is 4.98 Å². The normalized spacial score (nSPS) is 16.6. The second-order valence-electron chi connectivity index (χ2n) is 8.46. The van der Waals surface area contributed by atoms with E-state index >= 15 is 0 Å². The van der Waals surface area contributed by atoms with Crippen molar-refractivity contribution in [2.45, 2.75) is 45.7 Å². The highest BCUT2D eigenvalue weighted by atomic mass is 15.3. The van der Waals surface area contributed by atoms with Crippen LogP contribution in [0.15, 0.2) is 67.1 Å². The fourth-order valence-corrected chi connectivity index (χ4v) is 4.43. The van der Waals surface area contributed by atoms with Gasteiger partial charge in [-0.1, -0.05) is 57.2 Å². The average Bonchev–Trinajstić information content (AvgIpc) is 3.28. The third-order valence-electron chi connectivity index (χ3n) is 6.16. The molecule has 3 aromatic rings. The summed E-state index contributed by atoms with van der Waals surface area (Å²) in [5.41, 5.74) is 5.10. The summed E-state index contributed by atoms with van der Waals surface area (Å²) in [4.78, 5) is 14.0. The fourth-order valence-electron chi connectivity index (χ4n) is 4.43. The number of aromatic nitrogens is 2. The summed E-state index contributed by atoms with van der Waals surface area (Å²) >= 11 is 0. The lowest BCUT2D eigenvalue weighted by Gasteiger charge is -2.28. The Kier molecular flexibility index (Phi) is 6.44. The van der Waals surface area contributed by atoms with Gasteiger partial charge in [0.1, 0.15) is 5.82 Å². The van der Waals surface area contributed by atoms with Gasteiger partial charge in [-0.15, -0.1) is 0 Å². The molecule has 1 aliphatic heterocycles. The van der Waals surface area contributed by atoms with Gasteiger partial charge in [-0.2, -0.15) is 0 Å². The summed E-state index contributed by atoms with van der Waals surface area (Å²) in [6.07, 6.45) is 6.85. The van der Waals surface area contributed by atoms with E-state index in [0.29, 0.717) is 12.0 Å². The van der Waals surface area contributed by atoms with Crippen LogP contribution in [-0.4, -0.2) is 40.5 Å². The van der Waals surface area contributed by atoms with Crippen LogP contribution >= 0.6 is 0 Å². The standard InChI is InChI=1S/C26H32N4/c1-4-29(18-21-9-11-22(12-10-21)23-7-5-14-27-17-23)24-13-16-30(19-24)26-25(20(2)3)8-6-15-28-26/h5-12,14-15,17,20,24H,4,13,16,18-19H2,1-3H3/t24-/m1/s1. The lowest BCUT2D eigenvalue weighted by Crippen LogP contribution is -2.37. The predicted molar refractivity (Wildman–Crippen MR) is 125 cm³/mol. The minimum Gasteiger partial charge on any atom is -0.355 e. The maximum absolute atomic E-state index is 4.73. The summed E-state index contributed by atoms with van der Waals surface area (Å²) in [5, 5.41) is 0. The molecule has 3 heterocycles. The molecule has 1 fully saturated rings. The largest absolute Gasteiger partial charge is 0.355 e. The number of likely N-dealkylation sites (N-methyl/N-ethyl adjacent to an activating group) is 1. The second kappa shape index (κ2) is 9.40. The number of anilines is 1. The second-order valence-corrected chi connectivity index (χ2v) is 8.46. The Morgan fingerprint density at radius 1 is 1.03 bits per heavy atom. The van der Waals surface area contributed by atoms with Crippen LogP contribution in [0.5, 0.6) is 0 Å². The molecule has 4 rings (SSSR count). The fraction of sp³-hybridized carbons (Fsp3) is 0.385. The van der Waals surface area contributed by atoms with Gasteiger partial charge in [-0.05, 0) is 53.3 Å². The van der Waals surface area contributed by atoms with Gasteiger partial charge in [0.05, 0.1) is 0 Å². The van der Waals surface area contributed by atoms with E-state index in [1.54, 1.807) is 0 Å². The van der Waals surface area contributed by atoms with Crippen molar-refractivity contribution in [3.8, 4) is 11.1 Å². The quantitative estimate of drug-likeness (QED) is 0.534. The highest BCUT2D eigenvalue weighted by Crippen LogP contribution is 2.29. The Balaban J connectivity index is 1.43. The van der Waals surface area contributed by atoms with Gasteiger partial charge in [0.2, 0.25) is 0 Å². The van der Waals surface area contributed by atoms with E-state index in [-0.39, 0.29) is 0 Å². The Bertz CT molecular complexity index is 937. The smallest absolute Gasteiger partial charge is 0.132 e. The van der Waals surface area contributed by atoms with Gasteiger partial charge in [-0.3, -0.25) is 9.88 Å². The molecule has 0 aliphatic carbocycles. The Hall–Kier alpha value is -2.72. The molecule has 1 atom stereocenters. The highest BCUT2D eigenvalue weighted by Gasteiger charge is 2.29. The number of rotatable bonds is 7. The summed E-state index contributed by atoms with van der Waals surface area (Å²) in [6, 6.07) is 17.9. The molecule has 4 heteroatoms. The van der Waals surface area contributed by atoms with Gasteiger partial charge in [0.15, 0.2) is 0 Å². The number of hydrogen-bond acceptors (Lipinski definition) is 4. The average molecular weight is 401 g/mol. The van der Waals surface area contributed by atoms with E-state index in [2.05, 4.69) is 78.0 Å². The molecule has 0 bridgehead atoms. The molecule has 0 spiro atoms. The molecule has 0 N–H and O–H groups in total. The third-order valence-corrected chi connectivity index (χ3v) is 6.16. The summed E-state index contributed by atoms with van der Waals surface area (Å²) < 4.78 is 0. The lowest BCUT2D eigenvalue weighted by molar-refractivity contribution is 0.212. The molecule has 4 nitrogen and oxygen atoms in total. The first-order valence-electron chi connectivity index (χ1n) is 11.1. The van der Waals surface area contributed by atoms with Crippen molar-refractivity contribution in [3.05, 3.63) is 78.2 Å². The first kappa shape index (κ1) is 20.5. The molecule has 0 unspecified atom stereocenters. The molecule has 0 radical (unpaired) electrons. The molecule has 1 saturated heterocycles. The minimum absolute atomic E-state index is 0.494. The summed E-state index contributed by atoms with van der Waals surface area (Å²) in [5.74, 6) is 1.67. The van der Waals surface area contributed by atoms with Gasteiger partial charge >= 0.3 is 0 Å². The van der Waals surface area contributed by atoms with Gasteiger partial charge in [-0.25, -0.2) is 4.98 Å². The monoisotopic (exact) mass is 400 g/mol. The van der Waals surface area contributed by atoms with E-state index < -0.39 is 0 Å². The van der Waals surface area contributed by atoms with Crippen molar-refractivity contribution in [1.29, 1.82) is 0 Å². The molecule has 0 saturated carbocycles. The zero-order valence-corrected chi connectivity index (χ0v) is 18.3. The van der Waals surface area contributed by atoms with Gasteiger partial charge in [0, 0.05) is 44.3 Å². The summed E-state index contributed by atoms with van der Waals surface area (Å²) in [6.45, 7) is 11.0. The SMILES string of the molecule is CCN(Cc1ccc(-c2cccnc2)cc1)[C@@H]1CCN(c2ncccc2C(C)C)C1.